The fraction of sp³-hybridized carbons (Fsp3) is 1.00. The van der Waals surface area contributed by atoms with E-state index in [1.165, 1.54) is 19.3 Å². The molecule has 3 heteroatoms. The summed E-state index contributed by atoms with van der Waals surface area (Å²) in [5, 5.41) is 3.24. The fourth-order valence-corrected chi connectivity index (χ4v) is 2.14. The first-order valence-electron chi connectivity index (χ1n) is 5.66. The molecular formula is C11H21NO2. The summed E-state index contributed by atoms with van der Waals surface area (Å²) in [5.74, 6) is 0.969. The zero-order chi connectivity index (χ0) is 9.97. The molecule has 2 saturated carbocycles. The van der Waals surface area contributed by atoms with Crippen molar-refractivity contribution in [1.29, 1.82) is 0 Å². The normalized spacial score (nSPS) is 36.9. The third-order valence-corrected chi connectivity index (χ3v) is 3.45. The van der Waals surface area contributed by atoms with Crippen LogP contribution in [0.2, 0.25) is 0 Å². The molecule has 1 N–H and O–H groups in total. The Labute approximate surface area is 86.2 Å². The van der Waals surface area contributed by atoms with E-state index in [0.717, 1.165) is 18.9 Å². The summed E-state index contributed by atoms with van der Waals surface area (Å²) in [5.41, 5.74) is 0. The van der Waals surface area contributed by atoms with Crippen LogP contribution in [0.3, 0.4) is 0 Å². The molecule has 3 unspecified atom stereocenters. The van der Waals surface area contributed by atoms with Crippen LogP contribution in [0.1, 0.15) is 25.7 Å². The van der Waals surface area contributed by atoms with E-state index < -0.39 is 0 Å². The lowest BCUT2D eigenvalue weighted by Gasteiger charge is -2.43. The van der Waals surface area contributed by atoms with Gasteiger partial charge in [-0.15, -0.1) is 0 Å². The van der Waals surface area contributed by atoms with Gasteiger partial charge in [0.2, 0.25) is 0 Å². The second-order valence-corrected chi connectivity index (χ2v) is 4.47. The minimum Gasteiger partial charge on any atom is -0.377 e. The van der Waals surface area contributed by atoms with E-state index in [9.17, 15) is 0 Å². The van der Waals surface area contributed by atoms with E-state index in [4.69, 9.17) is 9.47 Å². The lowest BCUT2D eigenvalue weighted by molar-refractivity contribution is -0.133. The van der Waals surface area contributed by atoms with E-state index in [1.807, 2.05) is 7.05 Å². The van der Waals surface area contributed by atoms with E-state index >= 15 is 0 Å². The van der Waals surface area contributed by atoms with Gasteiger partial charge in [-0.2, -0.15) is 0 Å². The minimum absolute atomic E-state index is 0.263. The average Bonchev–Trinajstić information content (AvgIpc) is 2.94. The number of nitrogens with one attached hydrogen (secondary N) is 1. The Morgan fingerprint density at radius 1 is 1.36 bits per heavy atom. The monoisotopic (exact) mass is 199 g/mol. The Morgan fingerprint density at radius 3 is 2.71 bits per heavy atom. The van der Waals surface area contributed by atoms with Gasteiger partial charge in [0.25, 0.3) is 0 Å². The highest BCUT2D eigenvalue weighted by atomic mass is 16.5. The highest BCUT2D eigenvalue weighted by Crippen LogP contribution is 2.33. The fourth-order valence-electron chi connectivity index (χ4n) is 2.14. The number of likely N-dealkylation sites (N-methyl/N-ethyl adjacent to an activating group) is 1. The number of hydrogen-bond acceptors (Lipinski definition) is 3. The molecule has 82 valence electrons. The van der Waals surface area contributed by atoms with Gasteiger partial charge in [-0.05, 0) is 25.8 Å². The molecule has 2 fully saturated rings. The second-order valence-electron chi connectivity index (χ2n) is 4.47. The van der Waals surface area contributed by atoms with Gasteiger partial charge in [0.15, 0.2) is 0 Å². The van der Waals surface area contributed by atoms with Crippen molar-refractivity contribution in [2.24, 2.45) is 5.92 Å². The molecule has 0 radical (unpaired) electrons. The SMILES string of the molecule is CNC1CC(OCCC2CC2)C1OC. The lowest BCUT2D eigenvalue weighted by atomic mass is 9.85. The van der Waals surface area contributed by atoms with Crippen LogP contribution in [0.15, 0.2) is 0 Å². The highest BCUT2D eigenvalue weighted by molar-refractivity contribution is 4.96. The lowest BCUT2D eigenvalue weighted by Crippen LogP contribution is -2.58. The van der Waals surface area contributed by atoms with E-state index in [0.29, 0.717) is 12.1 Å². The standard InChI is InChI=1S/C11H21NO2/c1-12-9-7-10(11(9)13-2)14-6-5-8-3-4-8/h8-12H,3-7H2,1-2H3. The Balaban J connectivity index is 1.60. The smallest absolute Gasteiger partial charge is 0.0986 e. The summed E-state index contributed by atoms with van der Waals surface area (Å²) in [4.78, 5) is 0. The van der Waals surface area contributed by atoms with Gasteiger partial charge in [0.1, 0.15) is 0 Å². The molecule has 2 rings (SSSR count). The summed E-state index contributed by atoms with van der Waals surface area (Å²) in [6.45, 7) is 0.922. The number of hydrogen-bond donors (Lipinski definition) is 1. The third-order valence-electron chi connectivity index (χ3n) is 3.45. The molecule has 0 amide bonds. The molecule has 0 aliphatic heterocycles. The van der Waals surface area contributed by atoms with E-state index in [2.05, 4.69) is 5.32 Å². The Morgan fingerprint density at radius 2 is 2.14 bits per heavy atom. The number of rotatable bonds is 6. The summed E-state index contributed by atoms with van der Waals surface area (Å²) in [6.07, 6.45) is 5.77. The first-order valence-corrected chi connectivity index (χ1v) is 5.66. The van der Waals surface area contributed by atoms with Crippen LogP contribution in [0.4, 0.5) is 0 Å². The van der Waals surface area contributed by atoms with Crippen LogP contribution in [-0.4, -0.2) is 39.0 Å². The predicted octanol–water partition coefficient (Wildman–Crippen LogP) is 1.18. The van der Waals surface area contributed by atoms with E-state index in [-0.39, 0.29) is 6.10 Å². The van der Waals surface area contributed by atoms with Crippen LogP contribution >= 0.6 is 0 Å². The maximum Gasteiger partial charge on any atom is 0.0986 e. The zero-order valence-electron chi connectivity index (χ0n) is 9.16. The van der Waals surface area contributed by atoms with Crippen molar-refractivity contribution in [2.45, 2.75) is 43.9 Å². The molecular weight excluding hydrogens is 178 g/mol. The average molecular weight is 199 g/mol. The summed E-state index contributed by atoms with van der Waals surface area (Å²) >= 11 is 0. The van der Waals surface area contributed by atoms with Gasteiger partial charge in [-0.25, -0.2) is 0 Å². The van der Waals surface area contributed by atoms with Crippen molar-refractivity contribution in [3.63, 3.8) is 0 Å². The van der Waals surface area contributed by atoms with Gasteiger partial charge in [-0.1, -0.05) is 12.8 Å². The first kappa shape index (κ1) is 10.4. The van der Waals surface area contributed by atoms with Crippen molar-refractivity contribution < 1.29 is 9.47 Å². The molecule has 2 aliphatic rings. The quantitative estimate of drug-likeness (QED) is 0.697. The molecule has 0 spiro atoms. The van der Waals surface area contributed by atoms with Crippen molar-refractivity contribution in [3.8, 4) is 0 Å². The molecule has 2 aliphatic carbocycles. The number of methoxy groups -OCH3 is 1. The molecule has 0 saturated heterocycles. The zero-order valence-corrected chi connectivity index (χ0v) is 9.16. The van der Waals surface area contributed by atoms with Crippen molar-refractivity contribution >= 4 is 0 Å². The van der Waals surface area contributed by atoms with E-state index in [1.54, 1.807) is 7.11 Å². The van der Waals surface area contributed by atoms with Crippen molar-refractivity contribution in [1.82, 2.24) is 5.32 Å². The van der Waals surface area contributed by atoms with Crippen LogP contribution in [0, 0.1) is 5.92 Å². The Kier molecular flexibility index (Phi) is 3.42. The minimum atomic E-state index is 0.263. The first-order chi connectivity index (χ1) is 6.85. The molecule has 3 atom stereocenters. The molecule has 0 aromatic carbocycles. The van der Waals surface area contributed by atoms with Crippen molar-refractivity contribution in [3.05, 3.63) is 0 Å². The third kappa shape index (κ3) is 2.27. The molecule has 3 nitrogen and oxygen atoms in total. The van der Waals surface area contributed by atoms with Crippen molar-refractivity contribution in [2.75, 3.05) is 20.8 Å². The summed E-state index contributed by atoms with van der Waals surface area (Å²) in [7, 11) is 3.75. The van der Waals surface area contributed by atoms with Gasteiger partial charge in [-0.3, -0.25) is 0 Å². The molecule has 0 aromatic heterocycles. The second kappa shape index (κ2) is 4.60. The topological polar surface area (TPSA) is 30.5 Å². The maximum absolute atomic E-state index is 5.80. The van der Waals surface area contributed by atoms with Gasteiger partial charge in [0.05, 0.1) is 12.2 Å². The van der Waals surface area contributed by atoms with Crippen LogP contribution < -0.4 is 5.32 Å². The predicted molar refractivity (Wildman–Crippen MR) is 55.3 cm³/mol. The van der Waals surface area contributed by atoms with Gasteiger partial charge in [0, 0.05) is 19.8 Å². The Bertz CT molecular complexity index is 182. The largest absolute Gasteiger partial charge is 0.377 e. The highest BCUT2D eigenvalue weighted by Gasteiger charge is 2.41. The Hall–Kier alpha value is -0.120. The number of ether oxygens (including phenoxy) is 2. The summed E-state index contributed by atoms with van der Waals surface area (Å²) < 4.78 is 11.2. The van der Waals surface area contributed by atoms with Gasteiger partial charge < -0.3 is 14.8 Å². The summed E-state index contributed by atoms with van der Waals surface area (Å²) in [6, 6.07) is 0.492. The van der Waals surface area contributed by atoms with Crippen LogP contribution in [0.25, 0.3) is 0 Å². The molecule has 0 heterocycles. The molecule has 14 heavy (non-hydrogen) atoms. The van der Waals surface area contributed by atoms with Crippen LogP contribution in [0.5, 0.6) is 0 Å². The van der Waals surface area contributed by atoms with Crippen LogP contribution in [-0.2, 0) is 9.47 Å². The molecule has 0 aromatic rings. The maximum atomic E-state index is 5.80. The molecule has 0 bridgehead atoms. The van der Waals surface area contributed by atoms with Gasteiger partial charge >= 0.3 is 0 Å².